The molecule has 3 aromatic rings. The predicted octanol–water partition coefficient (Wildman–Crippen LogP) is 3.19. The molecule has 2 aromatic carbocycles. The Morgan fingerprint density at radius 2 is 1.75 bits per heavy atom. The molecular formula is C19H17N3O2. The highest BCUT2D eigenvalue weighted by Gasteiger charge is 2.15. The molecule has 0 aliphatic carbocycles. The Bertz CT molecular complexity index is 974. The molecule has 5 heteroatoms. The number of methoxy groups -OCH3 is 2. The first-order valence-electron chi connectivity index (χ1n) is 7.33. The Kier molecular flexibility index (Phi) is 3.97. The van der Waals surface area contributed by atoms with E-state index in [2.05, 4.69) is 15.9 Å². The fourth-order valence-electron chi connectivity index (χ4n) is 2.64. The zero-order chi connectivity index (χ0) is 17.3. The van der Waals surface area contributed by atoms with Gasteiger partial charge in [-0.15, -0.1) is 6.42 Å². The van der Waals surface area contributed by atoms with Crippen LogP contribution in [0.3, 0.4) is 0 Å². The van der Waals surface area contributed by atoms with Crippen molar-refractivity contribution in [2.75, 3.05) is 20.0 Å². The van der Waals surface area contributed by atoms with Gasteiger partial charge in [0.1, 0.15) is 6.33 Å². The second-order valence-corrected chi connectivity index (χ2v) is 5.35. The van der Waals surface area contributed by atoms with Gasteiger partial charge in [0.05, 0.1) is 25.4 Å². The summed E-state index contributed by atoms with van der Waals surface area (Å²) in [6, 6.07) is 7.41. The average Bonchev–Trinajstić information content (AvgIpc) is 2.61. The standard InChI is InChI=1S/C19H17N3O2/c1-5-12-7-15(20)11(2)6-13(12)19-14-8-17(23-3)18(24-4)9-16(14)21-10-22-19/h1,6-10H,20H2,2-4H3. The summed E-state index contributed by atoms with van der Waals surface area (Å²) < 4.78 is 10.7. The molecular weight excluding hydrogens is 302 g/mol. The Balaban J connectivity index is 2.36. The Morgan fingerprint density at radius 3 is 2.42 bits per heavy atom. The van der Waals surface area contributed by atoms with E-state index in [4.69, 9.17) is 21.6 Å². The summed E-state index contributed by atoms with van der Waals surface area (Å²) in [6.45, 7) is 1.94. The highest BCUT2D eigenvalue weighted by molar-refractivity contribution is 5.96. The number of anilines is 1. The molecule has 120 valence electrons. The van der Waals surface area contributed by atoms with E-state index in [1.807, 2.05) is 25.1 Å². The van der Waals surface area contributed by atoms with Gasteiger partial charge in [0, 0.05) is 28.3 Å². The molecule has 3 rings (SSSR count). The second kappa shape index (κ2) is 6.09. The van der Waals surface area contributed by atoms with Crippen LogP contribution in [0.15, 0.2) is 30.6 Å². The molecule has 0 radical (unpaired) electrons. The third-order valence-corrected chi connectivity index (χ3v) is 3.96. The number of hydrogen-bond acceptors (Lipinski definition) is 5. The zero-order valence-electron chi connectivity index (χ0n) is 13.8. The van der Waals surface area contributed by atoms with Crippen LogP contribution in [0.4, 0.5) is 5.69 Å². The van der Waals surface area contributed by atoms with Crippen molar-refractivity contribution in [3.8, 4) is 35.1 Å². The molecule has 1 aromatic heterocycles. The Labute approximate surface area is 140 Å². The lowest BCUT2D eigenvalue weighted by atomic mass is 9.97. The molecule has 2 N–H and O–H groups in total. The lowest BCUT2D eigenvalue weighted by molar-refractivity contribution is 0.356. The van der Waals surface area contributed by atoms with Gasteiger partial charge in [-0.05, 0) is 30.7 Å². The van der Waals surface area contributed by atoms with Crippen LogP contribution in [0, 0.1) is 19.3 Å². The van der Waals surface area contributed by atoms with Gasteiger partial charge >= 0.3 is 0 Å². The fourth-order valence-corrected chi connectivity index (χ4v) is 2.64. The van der Waals surface area contributed by atoms with Crippen LogP contribution in [0.2, 0.25) is 0 Å². The van der Waals surface area contributed by atoms with Gasteiger partial charge in [-0.25, -0.2) is 9.97 Å². The first-order chi connectivity index (χ1) is 11.6. The van der Waals surface area contributed by atoms with E-state index < -0.39 is 0 Å². The lowest BCUT2D eigenvalue weighted by Crippen LogP contribution is -1.98. The maximum Gasteiger partial charge on any atom is 0.162 e. The van der Waals surface area contributed by atoms with E-state index in [1.54, 1.807) is 20.3 Å². The number of terminal acetylenes is 1. The molecule has 0 bridgehead atoms. The van der Waals surface area contributed by atoms with Gasteiger partial charge in [-0.3, -0.25) is 0 Å². The molecule has 0 aliphatic rings. The number of benzene rings is 2. The smallest absolute Gasteiger partial charge is 0.162 e. The van der Waals surface area contributed by atoms with Crippen molar-refractivity contribution in [3.63, 3.8) is 0 Å². The van der Waals surface area contributed by atoms with Crippen molar-refractivity contribution in [2.45, 2.75) is 6.92 Å². The van der Waals surface area contributed by atoms with Crippen molar-refractivity contribution >= 4 is 16.6 Å². The third-order valence-electron chi connectivity index (χ3n) is 3.96. The number of ether oxygens (including phenoxy) is 2. The minimum Gasteiger partial charge on any atom is -0.493 e. The van der Waals surface area contributed by atoms with Crippen LogP contribution in [0.5, 0.6) is 11.5 Å². The van der Waals surface area contributed by atoms with E-state index in [9.17, 15) is 0 Å². The molecule has 0 fully saturated rings. The number of aryl methyl sites for hydroxylation is 1. The predicted molar refractivity (Wildman–Crippen MR) is 95.2 cm³/mol. The molecule has 24 heavy (non-hydrogen) atoms. The minimum absolute atomic E-state index is 0.607. The number of fused-ring (bicyclic) bond motifs is 1. The van der Waals surface area contributed by atoms with E-state index in [1.165, 1.54) is 6.33 Å². The second-order valence-electron chi connectivity index (χ2n) is 5.35. The summed E-state index contributed by atoms with van der Waals surface area (Å²) in [7, 11) is 3.18. The highest BCUT2D eigenvalue weighted by Crippen LogP contribution is 2.36. The quantitative estimate of drug-likeness (QED) is 0.593. The molecule has 0 atom stereocenters. The number of rotatable bonds is 3. The van der Waals surface area contributed by atoms with Crippen LogP contribution < -0.4 is 15.2 Å². The summed E-state index contributed by atoms with van der Waals surface area (Å²) in [4.78, 5) is 8.77. The maximum atomic E-state index is 5.97. The monoisotopic (exact) mass is 319 g/mol. The summed E-state index contributed by atoms with van der Waals surface area (Å²) in [5.74, 6) is 3.90. The van der Waals surface area contributed by atoms with Crippen LogP contribution in [-0.4, -0.2) is 24.2 Å². The number of nitrogens with two attached hydrogens (primary N) is 1. The maximum absolute atomic E-state index is 5.97. The summed E-state index contributed by atoms with van der Waals surface area (Å²) >= 11 is 0. The highest BCUT2D eigenvalue weighted by atomic mass is 16.5. The Hall–Kier alpha value is -3.26. The van der Waals surface area contributed by atoms with Gasteiger partial charge < -0.3 is 15.2 Å². The van der Waals surface area contributed by atoms with Crippen LogP contribution in [0.25, 0.3) is 22.2 Å². The summed E-state index contributed by atoms with van der Waals surface area (Å²) in [6.07, 6.45) is 7.17. The van der Waals surface area contributed by atoms with Crippen LogP contribution in [-0.2, 0) is 0 Å². The van der Waals surface area contributed by atoms with Gasteiger partial charge in [-0.1, -0.05) is 5.92 Å². The normalized spacial score (nSPS) is 10.4. The van der Waals surface area contributed by atoms with Crippen molar-refractivity contribution < 1.29 is 9.47 Å². The molecule has 0 amide bonds. The number of aromatic nitrogens is 2. The molecule has 0 spiro atoms. The largest absolute Gasteiger partial charge is 0.493 e. The average molecular weight is 319 g/mol. The van der Waals surface area contributed by atoms with Gasteiger partial charge in [0.25, 0.3) is 0 Å². The number of nitrogens with zero attached hydrogens (tertiary/aromatic N) is 2. The van der Waals surface area contributed by atoms with Crippen LogP contribution in [0.1, 0.15) is 11.1 Å². The van der Waals surface area contributed by atoms with E-state index >= 15 is 0 Å². The van der Waals surface area contributed by atoms with Crippen molar-refractivity contribution in [1.82, 2.24) is 9.97 Å². The molecule has 0 saturated heterocycles. The minimum atomic E-state index is 0.607. The van der Waals surface area contributed by atoms with Crippen molar-refractivity contribution in [3.05, 3.63) is 41.7 Å². The SMILES string of the molecule is C#Cc1cc(N)c(C)cc1-c1ncnc2cc(OC)c(OC)cc12. The zero-order valence-corrected chi connectivity index (χ0v) is 13.8. The summed E-state index contributed by atoms with van der Waals surface area (Å²) in [5.41, 5.74) is 10.6. The molecule has 1 heterocycles. The molecule has 0 saturated carbocycles. The summed E-state index contributed by atoms with van der Waals surface area (Å²) in [5, 5.41) is 0.829. The third kappa shape index (κ3) is 2.48. The van der Waals surface area contributed by atoms with E-state index in [0.717, 1.165) is 27.7 Å². The van der Waals surface area contributed by atoms with E-state index in [-0.39, 0.29) is 0 Å². The molecule has 0 unspecified atom stereocenters. The van der Waals surface area contributed by atoms with E-state index in [0.29, 0.717) is 22.7 Å². The van der Waals surface area contributed by atoms with Gasteiger partial charge in [0.2, 0.25) is 0 Å². The van der Waals surface area contributed by atoms with Crippen molar-refractivity contribution in [2.24, 2.45) is 0 Å². The number of nitrogen functional groups attached to an aromatic ring is 1. The molecule has 5 nitrogen and oxygen atoms in total. The van der Waals surface area contributed by atoms with Gasteiger partial charge in [0.15, 0.2) is 11.5 Å². The van der Waals surface area contributed by atoms with Gasteiger partial charge in [-0.2, -0.15) is 0 Å². The van der Waals surface area contributed by atoms with Crippen LogP contribution >= 0.6 is 0 Å². The first-order valence-corrected chi connectivity index (χ1v) is 7.33. The topological polar surface area (TPSA) is 70.3 Å². The lowest BCUT2D eigenvalue weighted by Gasteiger charge is -2.13. The first kappa shape index (κ1) is 15.6. The molecule has 0 aliphatic heterocycles. The number of hydrogen-bond donors (Lipinski definition) is 1. The Morgan fingerprint density at radius 1 is 1.04 bits per heavy atom. The fraction of sp³-hybridized carbons (Fsp3) is 0.158. The van der Waals surface area contributed by atoms with Crippen molar-refractivity contribution in [1.29, 1.82) is 0 Å².